The third-order valence-electron chi connectivity index (χ3n) is 2.18. The zero-order chi connectivity index (χ0) is 12.8. The molecule has 0 aliphatic carbocycles. The molecule has 0 fully saturated rings. The van der Waals surface area contributed by atoms with Gasteiger partial charge in [0.2, 0.25) is 0 Å². The minimum atomic E-state index is 0.432. The van der Waals surface area contributed by atoms with Gasteiger partial charge in [0.1, 0.15) is 17.3 Å². The van der Waals surface area contributed by atoms with Crippen LogP contribution in [0.5, 0.6) is 0 Å². The van der Waals surface area contributed by atoms with Crippen molar-refractivity contribution in [2.45, 2.75) is 13.8 Å². The van der Waals surface area contributed by atoms with Gasteiger partial charge in [0, 0.05) is 20.2 Å². The lowest BCUT2D eigenvalue weighted by Crippen LogP contribution is -2.32. The van der Waals surface area contributed by atoms with Crippen LogP contribution in [0.15, 0.2) is 10.8 Å². The molecule has 0 saturated heterocycles. The Hall–Kier alpha value is -0.390. The summed E-state index contributed by atoms with van der Waals surface area (Å²) in [5, 5.41) is 0.432. The van der Waals surface area contributed by atoms with Gasteiger partial charge >= 0.3 is 0 Å². The van der Waals surface area contributed by atoms with Crippen molar-refractivity contribution in [2.75, 3.05) is 31.7 Å². The van der Waals surface area contributed by atoms with Crippen molar-refractivity contribution in [3.05, 3.63) is 16.0 Å². The number of rotatable bonds is 6. The van der Waals surface area contributed by atoms with Crippen LogP contribution in [0.2, 0.25) is 5.15 Å². The number of hydrogen-bond donors (Lipinski definition) is 0. The van der Waals surface area contributed by atoms with Crippen LogP contribution in [0.4, 0.5) is 5.82 Å². The van der Waals surface area contributed by atoms with Crippen LogP contribution in [0.3, 0.4) is 0 Å². The molecule has 6 heteroatoms. The van der Waals surface area contributed by atoms with E-state index in [1.165, 1.54) is 6.33 Å². The van der Waals surface area contributed by atoms with Crippen molar-refractivity contribution in [1.29, 1.82) is 0 Å². The zero-order valence-electron chi connectivity index (χ0n) is 10.3. The standard InChI is InChI=1S/C11H17BrClN3O/c1-8(2)6-16(4-5-17-3)11-9(12)10(13)14-7-15-11/h7-8H,4-6H2,1-3H3. The smallest absolute Gasteiger partial charge is 0.148 e. The normalized spacial score (nSPS) is 10.9. The minimum Gasteiger partial charge on any atom is -0.383 e. The van der Waals surface area contributed by atoms with Gasteiger partial charge in [-0.3, -0.25) is 0 Å². The first-order valence-corrected chi connectivity index (χ1v) is 6.63. The molecule has 0 unspecified atom stereocenters. The van der Waals surface area contributed by atoms with E-state index in [1.54, 1.807) is 7.11 Å². The Kier molecular flexibility index (Phi) is 6.16. The Morgan fingerprint density at radius 2 is 2.18 bits per heavy atom. The Balaban J connectivity index is 2.90. The van der Waals surface area contributed by atoms with Gasteiger partial charge in [0.05, 0.1) is 11.1 Å². The number of ether oxygens (including phenoxy) is 1. The van der Waals surface area contributed by atoms with Gasteiger partial charge in [0.25, 0.3) is 0 Å². The zero-order valence-corrected chi connectivity index (χ0v) is 12.6. The fraction of sp³-hybridized carbons (Fsp3) is 0.636. The number of methoxy groups -OCH3 is 1. The molecule has 1 rings (SSSR count). The lowest BCUT2D eigenvalue weighted by atomic mass is 10.2. The molecule has 96 valence electrons. The molecule has 0 aliphatic rings. The summed E-state index contributed by atoms with van der Waals surface area (Å²) in [6.45, 7) is 6.66. The largest absolute Gasteiger partial charge is 0.383 e. The summed E-state index contributed by atoms with van der Waals surface area (Å²) in [4.78, 5) is 10.3. The van der Waals surface area contributed by atoms with Crippen molar-refractivity contribution in [1.82, 2.24) is 9.97 Å². The summed E-state index contributed by atoms with van der Waals surface area (Å²) < 4.78 is 5.85. The molecule has 0 aliphatic heterocycles. The molecule has 1 aromatic rings. The first-order chi connectivity index (χ1) is 8.06. The van der Waals surface area contributed by atoms with Gasteiger partial charge in [-0.25, -0.2) is 9.97 Å². The maximum absolute atomic E-state index is 5.97. The predicted octanol–water partition coefficient (Wildman–Crippen LogP) is 3.00. The summed E-state index contributed by atoms with van der Waals surface area (Å²) in [6.07, 6.45) is 1.47. The maximum Gasteiger partial charge on any atom is 0.148 e. The summed E-state index contributed by atoms with van der Waals surface area (Å²) in [7, 11) is 1.69. The average Bonchev–Trinajstić information content (AvgIpc) is 2.28. The molecule has 0 spiro atoms. The quantitative estimate of drug-likeness (QED) is 0.755. The van der Waals surface area contributed by atoms with Gasteiger partial charge in [-0.2, -0.15) is 0 Å². The number of aromatic nitrogens is 2. The van der Waals surface area contributed by atoms with Gasteiger partial charge in [0.15, 0.2) is 0 Å². The lowest BCUT2D eigenvalue weighted by Gasteiger charge is -2.26. The molecule has 0 aromatic carbocycles. The number of halogens is 2. The SMILES string of the molecule is COCCN(CC(C)C)c1ncnc(Cl)c1Br. The highest BCUT2D eigenvalue weighted by atomic mass is 79.9. The summed E-state index contributed by atoms with van der Waals surface area (Å²) in [5.41, 5.74) is 0. The topological polar surface area (TPSA) is 38.2 Å². The van der Waals surface area contributed by atoms with Crippen LogP contribution < -0.4 is 4.90 Å². The van der Waals surface area contributed by atoms with E-state index in [4.69, 9.17) is 16.3 Å². The van der Waals surface area contributed by atoms with Gasteiger partial charge in [-0.05, 0) is 21.8 Å². The molecular formula is C11H17BrClN3O. The fourth-order valence-corrected chi connectivity index (χ4v) is 2.07. The second kappa shape index (κ2) is 7.13. The molecule has 0 bridgehead atoms. The summed E-state index contributed by atoms with van der Waals surface area (Å²) in [5.74, 6) is 1.35. The first kappa shape index (κ1) is 14.7. The van der Waals surface area contributed by atoms with Crippen molar-refractivity contribution in [3.8, 4) is 0 Å². The number of anilines is 1. The van der Waals surface area contributed by atoms with E-state index in [2.05, 4.69) is 44.6 Å². The van der Waals surface area contributed by atoms with E-state index in [9.17, 15) is 0 Å². The highest BCUT2D eigenvalue weighted by Gasteiger charge is 2.15. The molecule has 0 atom stereocenters. The Labute approximate surface area is 115 Å². The molecule has 17 heavy (non-hydrogen) atoms. The molecule has 0 radical (unpaired) electrons. The fourth-order valence-electron chi connectivity index (χ4n) is 1.49. The summed E-state index contributed by atoms with van der Waals surface area (Å²) in [6, 6.07) is 0. The summed E-state index contributed by atoms with van der Waals surface area (Å²) >= 11 is 9.40. The monoisotopic (exact) mass is 321 g/mol. The van der Waals surface area contributed by atoms with Crippen molar-refractivity contribution >= 4 is 33.3 Å². The average molecular weight is 323 g/mol. The van der Waals surface area contributed by atoms with Crippen LogP contribution in [0, 0.1) is 5.92 Å². The number of nitrogens with zero attached hydrogens (tertiary/aromatic N) is 3. The van der Waals surface area contributed by atoms with Crippen LogP contribution in [-0.2, 0) is 4.74 Å². The van der Waals surface area contributed by atoms with Crippen LogP contribution in [0.25, 0.3) is 0 Å². The van der Waals surface area contributed by atoms with E-state index in [0.717, 1.165) is 23.4 Å². The molecular weight excluding hydrogens is 305 g/mol. The second-order valence-corrected chi connectivity index (χ2v) is 5.29. The molecule has 1 heterocycles. The highest BCUT2D eigenvalue weighted by Crippen LogP contribution is 2.29. The van der Waals surface area contributed by atoms with E-state index in [0.29, 0.717) is 17.7 Å². The van der Waals surface area contributed by atoms with Crippen molar-refractivity contribution in [2.24, 2.45) is 5.92 Å². The lowest BCUT2D eigenvalue weighted by molar-refractivity contribution is 0.204. The Morgan fingerprint density at radius 3 is 2.76 bits per heavy atom. The maximum atomic E-state index is 5.97. The Morgan fingerprint density at radius 1 is 1.47 bits per heavy atom. The van der Waals surface area contributed by atoms with Gasteiger partial charge in [-0.1, -0.05) is 25.4 Å². The van der Waals surface area contributed by atoms with E-state index in [1.807, 2.05) is 0 Å². The first-order valence-electron chi connectivity index (χ1n) is 5.46. The van der Waals surface area contributed by atoms with Crippen molar-refractivity contribution < 1.29 is 4.74 Å². The van der Waals surface area contributed by atoms with E-state index < -0.39 is 0 Å². The number of hydrogen-bond acceptors (Lipinski definition) is 4. The van der Waals surface area contributed by atoms with Crippen LogP contribution in [-0.4, -0.2) is 36.8 Å². The molecule has 0 saturated carbocycles. The van der Waals surface area contributed by atoms with E-state index in [-0.39, 0.29) is 0 Å². The van der Waals surface area contributed by atoms with Crippen molar-refractivity contribution in [3.63, 3.8) is 0 Å². The van der Waals surface area contributed by atoms with Gasteiger partial charge < -0.3 is 9.64 Å². The molecule has 0 amide bonds. The Bertz CT molecular complexity index is 363. The van der Waals surface area contributed by atoms with Crippen LogP contribution >= 0.6 is 27.5 Å². The van der Waals surface area contributed by atoms with Crippen LogP contribution in [0.1, 0.15) is 13.8 Å². The minimum absolute atomic E-state index is 0.432. The molecule has 0 N–H and O–H groups in total. The molecule has 1 aromatic heterocycles. The second-order valence-electron chi connectivity index (χ2n) is 4.13. The highest BCUT2D eigenvalue weighted by molar-refractivity contribution is 9.10. The predicted molar refractivity (Wildman–Crippen MR) is 73.7 cm³/mol. The third-order valence-corrected chi connectivity index (χ3v) is 3.42. The third kappa shape index (κ3) is 4.41. The van der Waals surface area contributed by atoms with E-state index >= 15 is 0 Å². The molecule has 4 nitrogen and oxygen atoms in total. The van der Waals surface area contributed by atoms with Gasteiger partial charge in [-0.15, -0.1) is 0 Å².